The number of benzene rings is 1. The van der Waals surface area contributed by atoms with Crippen LogP contribution in [-0.2, 0) is 9.59 Å². The van der Waals surface area contributed by atoms with E-state index in [0.717, 1.165) is 0 Å². The summed E-state index contributed by atoms with van der Waals surface area (Å²) < 4.78 is 13.9. The summed E-state index contributed by atoms with van der Waals surface area (Å²) in [6.45, 7) is -0.159. The number of carbonyl (C=O) groups is 2. The predicted octanol–water partition coefficient (Wildman–Crippen LogP) is 1.18. The average Bonchev–Trinajstić information content (AvgIpc) is 2.79. The molecule has 2 atom stereocenters. The van der Waals surface area contributed by atoms with Crippen LogP contribution in [0.4, 0.5) is 4.39 Å². The van der Waals surface area contributed by atoms with Crippen LogP contribution >= 0.6 is 0 Å². The Kier molecular flexibility index (Phi) is 4.34. The number of hydrogen-bond acceptors (Lipinski definition) is 3. The Morgan fingerprint density at radius 1 is 1.45 bits per heavy atom. The van der Waals surface area contributed by atoms with Crippen molar-refractivity contribution in [2.24, 2.45) is 5.92 Å². The molecule has 108 valence electrons. The zero-order valence-electron chi connectivity index (χ0n) is 10.8. The van der Waals surface area contributed by atoms with Crippen LogP contribution in [0.5, 0.6) is 0 Å². The number of halogens is 1. The zero-order chi connectivity index (χ0) is 14.7. The van der Waals surface area contributed by atoms with E-state index in [1.807, 2.05) is 0 Å². The summed E-state index contributed by atoms with van der Waals surface area (Å²) in [5.74, 6) is -2.58. The lowest BCUT2D eigenvalue weighted by Gasteiger charge is -2.28. The maximum Gasteiger partial charge on any atom is 0.308 e. The van der Waals surface area contributed by atoms with Crippen LogP contribution in [-0.4, -0.2) is 40.1 Å². The van der Waals surface area contributed by atoms with Crippen LogP contribution in [0.1, 0.15) is 24.4 Å². The molecule has 1 heterocycles. The van der Waals surface area contributed by atoms with Gasteiger partial charge in [-0.1, -0.05) is 18.2 Å². The molecule has 0 radical (unpaired) electrons. The quantitative estimate of drug-likeness (QED) is 0.849. The van der Waals surface area contributed by atoms with E-state index >= 15 is 0 Å². The topological polar surface area (TPSA) is 77.8 Å². The Balaban J connectivity index is 2.28. The molecule has 1 aromatic carbocycles. The van der Waals surface area contributed by atoms with E-state index in [2.05, 4.69) is 0 Å². The lowest BCUT2D eigenvalue weighted by Crippen LogP contribution is -2.32. The van der Waals surface area contributed by atoms with Crippen molar-refractivity contribution in [3.05, 3.63) is 35.6 Å². The van der Waals surface area contributed by atoms with Gasteiger partial charge in [-0.3, -0.25) is 9.59 Å². The fourth-order valence-electron chi connectivity index (χ4n) is 2.55. The third-order valence-corrected chi connectivity index (χ3v) is 3.55. The molecular formula is C14H16FNO4. The molecule has 0 aliphatic carbocycles. The van der Waals surface area contributed by atoms with Gasteiger partial charge < -0.3 is 15.1 Å². The van der Waals surface area contributed by atoms with Gasteiger partial charge in [0.25, 0.3) is 0 Å². The Morgan fingerprint density at radius 3 is 2.70 bits per heavy atom. The maximum absolute atomic E-state index is 13.9. The monoisotopic (exact) mass is 281 g/mol. The van der Waals surface area contributed by atoms with Gasteiger partial charge in [0.05, 0.1) is 12.0 Å². The highest BCUT2D eigenvalue weighted by atomic mass is 19.1. The first-order chi connectivity index (χ1) is 9.54. The van der Waals surface area contributed by atoms with Gasteiger partial charge in [0.2, 0.25) is 5.91 Å². The van der Waals surface area contributed by atoms with Gasteiger partial charge in [0, 0.05) is 25.1 Å². The van der Waals surface area contributed by atoms with Crippen molar-refractivity contribution in [1.82, 2.24) is 4.90 Å². The van der Waals surface area contributed by atoms with Crippen LogP contribution in [0.2, 0.25) is 0 Å². The highest BCUT2D eigenvalue weighted by molar-refractivity contribution is 5.86. The van der Waals surface area contributed by atoms with E-state index in [4.69, 9.17) is 10.2 Å². The molecule has 1 fully saturated rings. The highest BCUT2D eigenvalue weighted by Crippen LogP contribution is 2.32. The number of nitrogens with zero attached hydrogens (tertiary/aromatic N) is 1. The van der Waals surface area contributed by atoms with Crippen LogP contribution in [0.15, 0.2) is 24.3 Å². The average molecular weight is 281 g/mol. The minimum absolute atomic E-state index is 0.0488. The van der Waals surface area contributed by atoms with Crippen LogP contribution in [0.25, 0.3) is 0 Å². The third kappa shape index (κ3) is 2.80. The van der Waals surface area contributed by atoms with Crippen molar-refractivity contribution in [3.8, 4) is 0 Å². The van der Waals surface area contributed by atoms with Crippen molar-refractivity contribution in [3.63, 3.8) is 0 Å². The summed E-state index contributed by atoms with van der Waals surface area (Å²) >= 11 is 0. The Bertz CT molecular complexity index is 520. The minimum Gasteiger partial charge on any atom is -0.481 e. The van der Waals surface area contributed by atoms with E-state index < -0.39 is 23.7 Å². The minimum atomic E-state index is -1.03. The summed E-state index contributed by atoms with van der Waals surface area (Å²) in [6, 6.07) is 5.41. The lowest BCUT2D eigenvalue weighted by molar-refractivity contribution is -0.141. The smallest absolute Gasteiger partial charge is 0.308 e. The number of hydrogen-bond donors (Lipinski definition) is 2. The predicted molar refractivity (Wildman–Crippen MR) is 68.3 cm³/mol. The normalized spacial score (nSPS) is 20.2. The summed E-state index contributed by atoms with van der Waals surface area (Å²) in [7, 11) is 0. The summed E-state index contributed by atoms with van der Waals surface area (Å²) in [5, 5.41) is 18.1. The number of likely N-dealkylation sites (tertiary alicyclic amines) is 1. The molecule has 1 aliphatic rings. The molecule has 0 saturated carbocycles. The molecule has 1 aliphatic heterocycles. The van der Waals surface area contributed by atoms with Crippen LogP contribution < -0.4 is 0 Å². The van der Waals surface area contributed by atoms with E-state index in [1.54, 1.807) is 18.2 Å². The van der Waals surface area contributed by atoms with Gasteiger partial charge >= 0.3 is 5.97 Å². The first-order valence-corrected chi connectivity index (χ1v) is 6.42. The second-order valence-electron chi connectivity index (χ2n) is 4.83. The molecule has 1 saturated heterocycles. The van der Waals surface area contributed by atoms with Crippen molar-refractivity contribution < 1.29 is 24.2 Å². The standard InChI is InChI=1S/C14H16FNO4/c15-11-4-2-1-3-10(11)12(5-6-17)16-8-9(14(19)20)7-13(16)18/h1-4,9,12,17H,5-8H2,(H,19,20). The van der Waals surface area contributed by atoms with E-state index in [0.29, 0.717) is 5.56 Å². The lowest BCUT2D eigenvalue weighted by atomic mass is 10.0. The van der Waals surface area contributed by atoms with Crippen LogP contribution in [0, 0.1) is 11.7 Å². The van der Waals surface area contributed by atoms with E-state index in [1.165, 1.54) is 11.0 Å². The Morgan fingerprint density at radius 2 is 2.15 bits per heavy atom. The molecular weight excluding hydrogens is 265 g/mol. The number of carboxylic acids is 1. The van der Waals surface area contributed by atoms with E-state index in [9.17, 15) is 14.0 Å². The molecule has 1 aromatic rings. The number of aliphatic carboxylic acids is 1. The van der Waals surface area contributed by atoms with Crippen molar-refractivity contribution >= 4 is 11.9 Å². The SMILES string of the molecule is O=C(O)C1CC(=O)N(C(CCO)c2ccccc2F)C1. The molecule has 0 bridgehead atoms. The maximum atomic E-state index is 13.9. The molecule has 5 nitrogen and oxygen atoms in total. The van der Waals surface area contributed by atoms with Gasteiger partial charge in [-0.2, -0.15) is 0 Å². The number of aliphatic hydroxyl groups excluding tert-OH is 1. The second kappa shape index (κ2) is 6.00. The molecule has 6 heteroatoms. The van der Waals surface area contributed by atoms with Crippen molar-refractivity contribution in [1.29, 1.82) is 0 Å². The van der Waals surface area contributed by atoms with Gasteiger partial charge in [-0.25, -0.2) is 4.39 Å². The highest BCUT2D eigenvalue weighted by Gasteiger charge is 2.38. The number of carboxylic acid groups (broad SMARTS) is 1. The molecule has 0 spiro atoms. The van der Waals surface area contributed by atoms with E-state index in [-0.39, 0.29) is 31.9 Å². The number of carbonyl (C=O) groups excluding carboxylic acids is 1. The molecule has 20 heavy (non-hydrogen) atoms. The van der Waals surface area contributed by atoms with Gasteiger partial charge in [0.1, 0.15) is 5.82 Å². The summed E-state index contributed by atoms with van der Waals surface area (Å²) in [6.07, 6.45) is 0.102. The van der Waals surface area contributed by atoms with Gasteiger partial charge in [-0.05, 0) is 12.5 Å². The molecule has 0 aromatic heterocycles. The second-order valence-corrected chi connectivity index (χ2v) is 4.83. The first kappa shape index (κ1) is 14.5. The fraction of sp³-hybridized carbons (Fsp3) is 0.429. The first-order valence-electron chi connectivity index (χ1n) is 6.42. The van der Waals surface area contributed by atoms with Gasteiger partial charge in [-0.15, -0.1) is 0 Å². The molecule has 2 N–H and O–H groups in total. The largest absolute Gasteiger partial charge is 0.481 e. The number of aliphatic hydroxyl groups is 1. The summed E-state index contributed by atoms with van der Waals surface area (Å²) in [4.78, 5) is 24.3. The van der Waals surface area contributed by atoms with Crippen molar-refractivity contribution in [2.45, 2.75) is 18.9 Å². The number of amides is 1. The molecule has 1 amide bonds. The van der Waals surface area contributed by atoms with Crippen LogP contribution in [0.3, 0.4) is 0 Å². The fourth-order valence-corrected chi connectivity index (χ4v) is 2.55. The zero-order valence-corrected chi connectivity index (χ0v) is 10.8. The Hall–Kier alpha value is -1.95. The summed E-state index contributed by atoms with van der Waals surface area (Å²) in [5.41, 5.74) is 0.306. The third-order valence-electron chi connectivity index (χ3n) is 3.55. The Labute approximate surface area is 115 Å². The van der Waals surface area contributed by atoms with Crippen molar-refractivity contribution in [2.75, 3.05) is 13.2 Å². The number of rotatable bonds is 5. The van der Waals surface area contributed by atoms with Gasteiger partial charge in [0.15, 0.2) is 0 Å². The molecule has 2 rings (SSSR count). The molecule has 2 unspecified atom stereocenters.